The third-order valence-corrected chi connectivity index (χ3v) is 4.27. The van der Waals surface area contributed by atoms with Gasteiger partial charge in [0.1, 0.15) is 5.69 Å². The smallest absolute Gasteiger partial charge is 0.296 e. The molecule has 0 N–H and O–H groups in total. The molecule has 0 unspecified atom stereocenters. The van der Waals surface area contributed by atoms with Crippen LogP contribution in [0.5, 0.6) is 0 Å². The van der Waals surface area contributed by atoms with E-state index in [1.165, 1.54) is 12.1 Å². The summed E-state index contributed by atoms with van der Waals surface area (Å²) in [5.41, 5.74) is 1.47. The monoisotopic (exact) mass is 315 g/mol. The zero-order chi connectivity index (χ0) is 14.8. The fourth-order valence-electron chi connectivity index (χ4n) is 1.62. The summed E-state index contributed by atoms with van der Waals surface area (Å²) in [5, 5.41) is 0.166. The van der Waals surface area contributed by atoms with Crippen LogP contribution in [0.1, 0.15) is 17.1 Å². The van der Waals surface area contributed by atoms with Crippen LogP contribution < -0.4 is 0 Å². The molecule has 0 saturated carbocycles. The number of halogens is 1. The van der Waals surface area contributed by atoms with E-state index in [9.17, 15) is 8.42 Å². The first-order chi connectivity index (χ1) is 9.38. The van der Waals surface area contributed by atoms with Crippen molar-refractivity contribution in [2.75, 3.05) is 6.61 Å². The van der Waals surface area contributed by atoms with Crippen LogP contribution in [0.15, 0.2) is 33.6 Å². The number of aryl methyl sites for hydroxylation is 2. The van der Waals surface area contributed by atoms with Crippen molar-refractivity contribution in [3.05, 3.63) is 46.6 Å². The standard InChI is InChI=1S/C13H14ClNO4S/c1-9-3-5-11(6-4-9)20(16,17)18-8-7-12-13(14)19-10(2)15-12/h3-6H,7-8H2,1-2H3. The Morgan fingerprint density at radius 3 is 2.45 bits per heavy atom. The predicted octanol–water partition coefficient (Wildman–Crippen LogP) is 2.89. The number of hydrogen-bond acceptors (Lipinski definition) is 5. The summed E-state index contributed by atoms with van der Waals surface area (Å²) in [5.74, 6) is 0.436. The maximum atomic E-state index is 11.9. The molecule has 20 heavy (non-hydrogen) atoms. The molecule has 1 heterocycles. The molecule has 0 spiro atoms. The lowest BCUT2D eigenvalue weighted by Crippen LogP contribution is -2.09. The summed E-state index contributed by atoms with van der Waals surface area (Å²) in [4.78, 5) is 4.17. The molecule has 0 amide bonds. The molecule has 2 rings (SSSR count). The van der Waals surface area contributed by atoms with Crippen molar-refractivity contribution in [2.24, 2.45) is 0 Å². The molecule has 0 aliphatic rings. The SMILES string of the molecule is Cc1ccc(S(=O)(=O)OCCc2nc(C)oc2Cl)cc1. The summed E-state index contributed by atoms with van der Waals surface area (Å²) >= 11 is 5.80. The summed E-state index contributed by atoms with van der Waals surface area (Å²) < 4.78 is 33.8. The molecule has 0 atom stereocenters. The van der Waals surface area contributed by atoms with Gasteiger partial charge in [0.05, 0.1) is 11.5 Å². The van der Waals surface area contributed by atoms with Crippen molar-refractivity contribution in [1.82, 2.24) is 4.98 Å². The van der Waals surface area contributed by atoms with Crippen LogP contribution in [0.25, 0.3) is 0 Å². The lowest BCUT2D eigenvalue weighted by Gasteiger charge is -2.05. The fourth-order valence-corrected chi connectivity index (χ4v) is 2.78. The van der Waals surface area contributed by atoms with Gasteiger partial charge < -0.3 is 4.42 Å². The minimum absolute atomic E-state index is 0.0398. The van der Waals surface area contributed by atoms with Gasteiger partial charge in [0.25, 0.3) is 10.1 Å². The van der Waals surface area contributed by atoms with Crippen molar-refractivity contribution in [1.29, 1.82) is 0 Å². The number of benzene rings is 1. The summed E-state index contributed by atoms with van der Waals surface area (Å²) in [6.45, 7) is 3.51. The van der Waals surface area contributed by atoms with Crippen molar-refractivity contribution in [2.45, 2.75) is 25.2 Å². The van der Waals surface area contributed by atoms with E-state index in [1.54, 1.807) is 19.1 Å². The molecule has 5 nitrogen and oxygen atoms in total. The highest BCUT2D eigenvalue weighted by Crippen LogP contribution is 2.18. The zero-order valence-electron chi connectivity index (χ0n) is 11.1. The third-order valence-electron chi connectivity index (χ3n) is 2.64. The van der Waals surface area contributed by atoms with E-state index in [0.717, 1.165) is 5.56 Å². The van der Waals surface area contributed by atoms with Crippen LogP contribution in [0.2, 0.25) is 5.22 Å². The molecule has 2 aromatic rings. The van der Waals surface area contributed by atoms with Crippen LogP contribution >= 0.6 is 11.6 Å². The largest absolute Gasteiger partial charge is 0.429 e. The van der Waals surface area contributed by atoms with Crippen LogP contribution in [-0.2, 0) is 20.7 Å². The average Bonchev–Trinajstić information content (AvgIpc) is 2.68. The highest BCUT2D eigenvalue weighted by molar-refractivity contribution is 7.86. The van der Waals surface area contributed by atoms with Gasteiger partial charge in [-0.3, -0.25) is 4.18 Å². The second-order valence-electron chi connectivity index (χ2n) is 4.29. The molecule has 1 aromatic carbocycles. The predicted molar refractivity (Wildman–Crippen MR) is 74.3 cm³/mol. The average molecular weight is 316 g/mol. The minimum atomic E-state index is -3.75. The first kappa shape index (κ1) is 15.0. The maximum absolute atomic E-state index is 11.9. The highest BCUT2D eigenvalue weighted by Gasteiger charge is 2.16. The Bertz CT molecular complexity index is 692. The molecular weight excluding hydrogens is 302 g/mol. The Kier molecular flexibility index (Phi) is 4.47. The summed E-state index contributed by atoms with van der Waals surface area (Å²) in [7, 11) is -3.75. The Morgan fingerprint density at radius 2 is 1.90 bits per heavy atom. The second kappa shape index (κ2) is 5.95. The normalized spacial score (nSPS) is 11.8. The summed E-state index contributed by atoms with van der Waals surface area (Å²) in [6.07, 6.45) is 0.265. The number of rotatable bonds is 5. The van der Waals surface area contributed by atoms with E-state index in [4.69, 9.17) is 20.2 Å². The molecule has 0 aliphatic carbocycles. The Morgan fingerprint density at radius 1 is 1.25 bits per heavy atom. The van der Waals surface area contributed by atoms with Crippen LogP contribution in [0, 0.1) is 13.8 Å². The van der Waals surface area contributed by atoms with Gasteiger partial charge in [-0.05, 0) is 30.7 Å². The molecule has 0 saturated heterocycles. The van der Waals surface area contributed by atoms with E-state index in [2.05, 4.69) is 4.98 Å². The van der Waals surface area contributed by atoms with Gasteiger partial charge in [-0.2, -0.15) is 8.42 Å². The number of nitrogens with zero attached hydrogens (tertiary/aromatic N) is 1. The van der Waals surface area contributed by atoms with Crippen molar-refractivity contribution in [3.8, 4) is 0 Å². The Balaban J connectivity index is 1.99. The first-order valence-electron chi connectivity index (χ1n) is 5.96. The zero-order valence-corrected chi connectivity index (χ0v) is 12.7. The van der Waals surface area contributed by atoms with Crippen molar-refractivity contribution >= 4 is 21.7 Å². The van der Waals surface area contributed by atoms with Crippen LogP contribution in [0.4, 0.5) is 0 Å². The Labute approximate surface area is 122 Å². The molecule has 0 fully saturated rings. The van der Waals surface area contributed by atoms with Crippen molar-refractivity contribution < 1.29 is 17.0 Å². The molecule has 0 bridgehead atoms. The fraction of sp³-hybridized carbons (Fsp3) is 0.308. The minimum Gasteiger partial charge on any atom is -0.429 e. The van der Waals surface area contributed by atoms with Gasteiger partial charge in [-0.25, -0.2) is 4.98 Å². The van der Waals surface area contributed by atoms with Gasteiger partial charge in [-0.1, -0.05) is 17.7 Å². The molecule has 108 valence electrons. The van der Waals surface area contributed by atoms with E-state index in [-0.39, 0.29) is 23.1 Å². The lowest BCUT2D eigenvalue weighted by molar-refractivity contribution is 0.320. The topological polar surface area (TPSA) is 69.4 Å². The van der Waals surface area contributed by atoms with E-state index >= 15 is 0 Å². The van der Waals surface area contributed by atoms with E-state index in [0.29, 0.717) is 11.6 Å². The van der Waals surface area contributed by atoms with E-state index < -0.39 is 10.1 Å². The number of aromatic nitrogens is 1. The van der Waals surface area contributed by atoms with Crippen LogP contribution in [0.3, 0.4) is 0 Å². The van der Waals surface area contributed by atoms with Gasteiger partial charge >= 0.3 is 0 Å². The van der Waals surface area contributed by atoms with Crippen molar-refractivity contribution in [3.63, 3.8) is 0 Å². The third kappa shape index (κ3) is 3.59. The molecule has 7 heteroatoms. The Hall–Kier alpha value is -1.37. The molecule has 0 radical (unpaired) electrons. The number of oxazole rings is 1. The quantitative estimate of drug-likeness (QED) is 0.793. The van der Waals surface area contributed by atoms with Gasteiger partial charge in [0.2, 0.25) is 5.22 Å². The van der Waals surface area contributed by atoms with Gasteiger partial charge in [-0.15, -0.1) is 0 Å². The molecule has 1 aromatic heterocycles. The molecular formula is C13H14ClNO4S. The van der Waals surface area contributed by atoms with Gasteiger partial charge in [0.15, 0.2) is 5.89 Å². The first-order valence-corrected chi connectivity index (χ1v) is 7.75. The molecule has 0 aliphatic heterocycles. The van der Waals surface area contributed by atoms with Gasteiger partial charge in [0, 0.05) is 13.3 Å². The highest BCUT2D eigenvalue weighted by atomic mass is 35.5. The van der Waals surface area contributed by atoms with Crippen LogP contribution in [-0.4, -0.2) is 20.0 Å². The second-order valence-corrected chi connectivity index (χ2v) is 6.25. The number of hydrogen-bond donors (Lipinski definition) is 0. The van der Waals surface area contributed by atoms with E-state index in [1.807, 2.05) is 6.92 Å². The lowest BCUT2D eigenvalue weighted by atomic mass is 10.2. The maximum Gasteiger partial charge on any atom is 0.296 e. The summed E-state index contributed by atoms with van der Waals surface area (Å²) in [6, 6.07) is 6.46.